The largest absolute Gasteiger partial charge is 0.465 e. The molecule has 0 aromatic heterocycles. The number of urea groups is 1. The fourth-order valence-electron chi connectivity index (χ4n) is 2.16. The molecule has 0 spiro atoms. The van der Waals surface area contributed by atoms with E-state index in [1.54, 1.807) is 4.90 Å². The number of nitrogens with zero attached hydrogens (tertiary/aromatic N) is 1. The molecule has 0 aliphatic carbocycles. The molecule has 0 aromatic carbocycles. The SMILES string of the molecule is CCCCC(NC(=O)O)[C@@H](O)CNC(=O)N1CCOCC1. The van der Waals surface area contributed by atoms with E-state index in [2.05, 4.69) is 10.6 Å². The van der Waals surface area contributed by atoms with Crippen molar-refractivity contribution in [3.63, 3.8) is 0 Å². The number of aliphatic hydroxyl groups is 1. The van der Waals surface area contributed by atoms with E-state index >= 15 is 0 Å². The topological polar surface area (TPSA) is 111 Å². The van der Waals surface area contributed by atoms with Crippen LogP contribution in [0.1, 0.15) is 26.2 Å². The van der Waals surface area contributed by atoms with E-state index in [4.69, 9.17) is 9.84 Å². The minimum absolute atomic E-state index is 0.0187. The Labute approximate surface area is 124 Å². The second-order valence-corrected chi connectivity index (χ2v) is 5.05. The average molecular weight is 303 g/mol. The first-order valence-corrected chi connectivity index (χ1v) is 7.32. The lowest BCUT2D eigenvalue weighted by atomic mass is 10.0. The van der Waals surface area contributed by atoms with Gasteiger partial charge in [0.2, 0.25) is 0 Å². The maximum atomic E-state index is 11.9. The van der Waals surface area contributed by atoms with Gasteiger partial charge < -0.3 is 30.5 Å². The molecule has 1 saturated heterocycles. The predicted octanol–water partition coefficient (Wildman–Crippen LogP) is 0.216. The molecule has 8 nitrogen and oxygen atoms in total. The Kier molecular flexibility index (Phi) is 7.84. The van der Waals surface area contributed by atoms with Crippen molar-refractivity contribution in [2.45, 2.75) is 38.3 Å². The number of rotatable bonds is 7. The summed E-state index contributed by atoms with van der Waals surface area (Å²) < 4.78 is 5.16. The van der Waals surface area contributed by atoms with Crippen molar-refractivity contribution >= 4 is 12.1 Å². The fourth-order valence-corrected chi connectivity index (χ4v) is 2.16. The van der Waals surface area contributed by atoms with Crippen LogP contribution < -0.4 is 10.6 Å². The summed E-state index contributed by atoms with van der Waals surface area (Å²) in [7, 11) is 0. The molecule has 0 saturated carbocycles. The highest BCUT2D eigenvalue weighted by Gasteiger charge is 2.23. The molecule has 1 aliphatic heterocycles. The van der Waals surface area contributed by atoms with Gasteiger partial charge in [0.25, 0.3) is 0 Å². The Morgan fingerprint density at radius 3 is 2.57 bits per heavy atom. The summed E-state index contributed by atoms with van der Waals surface area (Å²) in [6.07, 6.45) is 0.133. The van der Waals surface area contributed by atoms with E-state index in [0.29, 0.717) is 32.7 Å². The molecular formula is C13H25N3O5. The summed E-state index contributed by atoms with van der Waals surface area (Å²) in [5, 5.41) is 23.8. The van der Waals surface area contributed by atoms with Crippen molar-refractivity contribution in [3.8, 4) is 0 Å². The fraction of sp³-hybridized carbons (Fsp3) is 0.846. The van der Waals surface area contributed by atoms with Crippen molar-refractivity contribution < 1.29 is 24.5 Å². The molecule has 1 aliphatic rings. The lowest BCUT2D eigenvalue weighted by molar-refractivity contribution is 0.0513. The summed E-state index contributed by atoms with van der Waals surface area (Å²) >= 11 is 0. The molecule has 1 unspecified atom stereocenters. The maximum Gasteiger partial charge on any atom is 0.404 e. The number of carbonyl (C=O) groups is 2. The van der Waals surface area contributed by atoms with Crippen LogP contribution in [0.5, 0.6) is 0 Å². The van der Waals surface area contributed by atoms with Gasteiger partial charge in [-0.25, -0.2) is 9.59 Å². The van der Waals surface area contributed by atoms with Crippen LogP contribution in [0, 0.1) is 0 Å². The average Bonchev–Trinajstić information content (AvgIpc) is 2.49. The number of amides is 3. The summed E-state index contributed by atoms with van der Waals surface area (Å²) in [5.74, 6) is 0. The summed E-state index contributed by atoms with van der Waals surface area (Å²) in [5.41, 5.74) is 0. The molecule has 8 heteroatoms. The van der Waals surface area contributed by atoms with E-state index in [1.165, 1.54) is 0 Å². The molecule has 0 aromatic rings. The number of hydrogen-bond acceptors (Lipinski definition) is 4. The van der Waals surface area contributed by atoms with Crippen molar-refractivity contribution in [2.75, 3.05) is 32.8 Å². The number of unbranched alkanes of at least 4 members (excludes halogenated alkanes) is 1. The zero-order valence-corrected chi connectivity index (χ0v) is 12.4. The molecule has 0 bridgehead atoms. The molecule has 21 heavy (non-hydrogen) atoms. The van der Waals surface area contributed by atoms with Gasteiger partial charge in [-0.2, -0.15) is 0 Å². The van der Waals surface area contributed by atoms with E-state index in [-0.39, 0.29) is 12.6 Å². The van der Waals surface area contributed by atoms with Gasteiger partial charge in [-0.15, -0.1) is 0 Å². The number of hydrogen-bond donors (Lipinski definition) is 4. The number of aliphatic hydroxyl groups excluding tert-OH is 1. The zero-order valence-electron chi connectivity index (χ0n) is 12.4. The lowest BCUT2D eigenvalue weighted by Gasteiger charge is -2.28. The van der Waals surface area contributed by atoms with Gasteiger partial charge >= 0.3 is 12.1 Å². The quantitative estimate of drug-likeness (QED) is 0.537. The van der Waals surface area contributed by atoms with E-state index in [0.717, 1.165) is 12.8 Å². The number of nitrogens with one attached hydrogen (secondary N) is 2. The molecule has 122 valence electrons. The summed E-state index contributed by atoms with van der Waals surface area (Å²) in [6.45, 7) is 4.07. The predicted molar refractivity (Wildman–Crippen MR) is 76.3 cm³/mol. The molecule has 1 heterocycles. The van der Waals surface area contributed by atoms with Gasteiger partial charge in [-0.1, -0.05) is 19.8 Å². The van der Waals surface area contributed by atoms with Crippen LogP contribution in [-0.4, -0.2) is 72.2 Å². The molecule has 0 radical (unpaired) electrons. The van der Waals surface area contributed by atoms with Crippen LogP contribution in [0.2, 0.25) is 0 Å². The highest BCUT2D eigenvalue weighted by atomic mass is 16.5. The number of carbonyl (C=O) groups excluding carboxylic acids is 1. The highest BCUT2D eigenvalue weighted by Crippen LogP contribution is 2.05. The Morgan fingerprint density at radius 1 is 1.33 bits per heavy atom. The number of morpholine rings is 1. The Hall–Kier alpha value is -1.54. The van der Waals surface area contributed by atoms with E-state index in [9.17, 15) is 14.7 Å². The third-order valence-corrected chi connectivity index (χ3v) is 3.40. The van der Waals surface area contributed by atoms with Crippen LogP contribution >= 0.6 is 0 Å². The standard InChI is InChI=1S/C13H25N3O5/c1-2-3-4-10(15-13(19)20)11(17)9-14-12(18)16-5-7-21-8-6-16/h10-11,15,17H,2-9H2,1H3,(H,14,18)(H,19,20)/t10?,11-/m0/s1. The van der Waals surface area contributed by atoms with Crippen LogP contribution in [-0.2, 0) is 4.74 Å². The number of carboxylic acid groups (broad SMARTS) is 1. The van der Waals surface area contributed by atoms with Gasteiger partial charge in [-0.05, 0) is 6.42 Å². The second-order valence-electron chi connectivity index (χ2n) is 5.05. The maximum absolute atomic E-state index is 11.9. The van der Waals surface area contributed by atoms with Gasteiger partial charge in [0.15, 0.2) is 0 Å². The second kappa shape index (κ2) is 9.41. The molecule has 1 fully saturated rings. The van der Waals surface area contributed by atoms with Crippen LogP contribution in [0.4, 0.5) is 9.59 Å². The molecule has 4 N–H and O–H groups in total. The molecular weight excluding hydrogens is 278 g/mol. The van der Waals surface area contributed by atoms with E-state index < -0.39 is 18.2 Å². The van der Waals surface area contributed by atoms with Crippen molar-refractivity contribution in [2.24, 2.45) is 0 Å². The van der Waals surface area contributed by atoms with E-state index in [1.807, 2.05) is 6.92 Å². The minimum Gasteiger partial charge on any atom is -0.465 e. The molecule has 1 rings (SSSR count). The van der Waals surface area contributed by atoms with Crippen LogP contribution in [0.15, 0.2) is 0 Å². The van der Waals surface area contributed by atoms with Crippen molar-refractivity contribution in [1.29, 1.82) is 0 Å². The smallest absolute Gasteiger partial charge is 0.404 e. The first-order chi connectivity index (χ1) is 10.0. The van der Waals surface area contributed by atoms with Crippen LogP contribution in [0.3, 0.4) is 0 Å². The van der Waals surface area contributed by atoms with Gasteiger partial charge in [0.05, 0.1) is 25.4 Å². The first kappa shape index (κ1) is 17.5. The molecule has 3 amide bonds. The number of ether oxygens (including phenoxy) is 1. The van der Waals surface area contributed by atoms with Crippen molar-refractivity contribution in [3.05, 3.63) is 0 Å². The Morgan fingerprint density at radius 2 is 2.00 bits per heavy atom. The first-order valence-electron chi connectivity index (χ1n) is 7.32. The Balaban J connectivity index is 2.38. The van der Waals surface area contributed by atoms with Gasteiger partial charge in [-0.3, -0.25) is 0 Å². The lowest BCUT2D eigenvalue weighted by Crippen LogP contribution is -2.51. The summed E-state index contributed by atoms with van der Waals surface area (Å²) in [4.78, 5) is 24.2. The van der Waals surface area contributed by atoms with Gasteiger partial charge in [0.1, 0.15) is 0 Å². The van der Waals surface area contributed by atoms with Crippen molar-refractivity contribution in [1.82, 2.24) is 15.5 Å². The third-order valence-electron chi connectivity index (χ3n) is 3.40. The normalized spacial score (nSPS) is 17.9. The minimum atomic E-state index is -1.17. The monoisotopic (exact) mass is 303 g/mol. The zero-order chi connectivity index (χ0) is 15.7. The third kappa shape index (κ3) is 6.63. The Bertz CT molecular complexity index is 334. The molecule has 2 atom stereocenters. The van der Waals surface area contributed by atoms with Crippen LogP contribution in [0.25, 0.3) is 0 Å². The highest BCUT2D eigenvalue weighted by molar-refractivity contribution is 5.74. The summed E-state index contributed by atoms with van der Waals surface area (Å²) in [6, 6.07) is -0.839. The van der Waals surface area contributed by atoms with Gasteiger partial charge in [0, 0.05) is 19.6 Å².